The number of benzene rings is 5. The van der Waals surface area contributed by atoms with E-state index >= 15 is 0 Å². The van der Waals surface area contributed by atoms with Gasteiger partial charge in [-0.15, -0.1) is 11.3 Å². The first-order chi connectivity index (χ1) is 23.3. The van der Waals surface area contributed by atoms with E-state index in [0.717, 1.165) is 28.5 Å². The highest BCUT2D eigenvalue weighted by Crippen LogP contribution is 2.38. The number of thiophene rings is 1. The second-order valence-electron chi connectivity index (χ2n) is 11.5. The third kappa shape index (κ3) is 7.38. The second-order valence-corrected chi connectivity index (χ2v) is 12.4. The fourth-order valence-electron chi connectivity index (χ4n) is 6.14. The molecule has 0 bridgehead atoms. The molecule has 0 fully saturated rings. The van der Waals surface area contributed by atoms with E-state index in [4.69, 9.17) is 5.26 Å². The highest BCUT2D eigenvalue weighted by Gasteiger charge is 2.15. The Hall–Kier alpha value is -5.37. The molecule has 5 aromatic carbocycles. The SMILES string of the molecule is CCCCCCn1c2ccccc2c2cccc(C=Cc3ccccc3N(c3ccccc3)c3ccccc3)c21.N#Cc1cccs1. The van der Waals surface area contributed by atoms with Gasteiger partial charge in [-0.25, -0.2) is 0 Å². The van der Waals surface area contributed by atoms with Crippen molar-refractivity contribution in [2.45, 2.75) is 39.2 Å². The molecule has 7 rings (SSSR count). The van der Waals surface area contributed by atoms with Gasteiger partial charge in [-0.3, -0.25) is 0 Å². The van der Waals surface area contributed by atoms with Crippen LogP contribution in [0.2, 0.25) is 0 Å². The van der Waals surface area contributed by atoms with Crippen LogP contribution >= 0.6 is 11.3 Å². The van der Waals surface area contributed by atoms with Crippen molar-refractivity contribution in [3.63, 3.8) is 0 Å². The Morgan fingerprint density at radius 3 is 1.96 bits per heavy atom. The second kappa shape index (κ2) is 15.8. The lowest BCUT2D eigenvalue weighted by molar-refractivity contribution is 0.602. The summed E-state index contributed by atoms with van der Waals surface area (Å²) in [5.41, 5.74) is 8.53. The van der Waals surface area contributed by atoms with Crippen LogP contribution in [0.5, 0.6) is 0 Å². The van der Waals surface area contributed by atoms with E-state index in [9.17, 15) is 0 Å². The monoisotopic (exact) mass is 629 g/mol. The van der Waals surface area contributed by atoms with Crippen molar-refractivity contribution < 1.29 is 0 Å². The van der Waals surface area contributed by atoms with Crippen LogP contribution in [0.4, 0.5) is 17.1 Å². The van der Waals surface area contributed by atoms with Gasteiger partial charge in [-0.05, 0) is 65.4 Å². The fourth-order valence-corrected chi connectivity index (χ4v) is 6.65. The summed E-state index contributed by atoms with van der Waals surface area (Å²) in [5, 5.41) is 12.7. The number of hydrogen-bond acceptors (Lipinski definition) is 3. The van der Waals surface area contributed by atoms with Crippen LogP contribution in [0.1, 0.15) is 48.6 Å². The molecule has 0 saturated carbocycles. The van der Waals surface area contributed by atoms with E-state index in [1.807, 2.05) is 17.5 Å². The molecule has 0 N–H and O–H groups in total. The summed E-state index contributed by atoms with van der Waals surface area (Å²) in [5.74, 6) is 0. The van der Waals surface area contributed by atoms with Crippen molar-refractivity contribution in [1.82, 2.24) is 4.57 Å². The molecule has 2 heterocycles. The van der Waals surface area contributed by atoms with E-state index in [0.29, 0.717) is 0 Å². The molecule has 0 spiro atoms. The first-order valence-corrected chi connectivity index (χ1v) is 17.3. The minimum absolute atomic E-state index is 0.778. The molecule has 232 valence electrons. The summed E-state index contributed by atoms with van der Waals surface area (Å²) in [7, 11) is 0. The highest BCUT2D eigenvalue weighted by molar-refractivity contribution is 7.10. The third-order valence-electron chi connectivity index (χ3n) is 8.34. The Kier molecular flexibility index (Phi) is 10.6. The average Bonchev–Trinajstić information content (AvgIpc) is 3.78. The summed E-state index contributed by atoms with van der Waals surface area (Å²) < 4.78 is 2.55. The van der Waals surface area contributed by atoms with Crippen molar-refractivity contribution in [2.24, 2.45) is 0 Å². The maximum absolute atomic E-state index is 8.19. The molecular weight excluding hydrogens is 591 g/mol. The average molecular weight is 630 g/mol. The van der Waals surface area contributed by atoms with E-state index < -0.39 is 0 Å². The van der Waals surface area contributed by atoms with Crippen molar-refractivity contribution >= 4 is 62.4 Å². The quantitative estimate of drug-likeness (QED) is 0.111. The number of aromatic nitrogens is 1. The molecule has 0 radical (unpaired) electrons. The number of fused-ring (bicyclic) bond motifs is 3. The van der Waals surface area contributed by atoms with Crippen LogP contribution in [-0.2, 0) is 6.54 Å². The number of aryl methyl sites for hydroxylation is 1. The van der Waals surface area contributed by atoms with Crippen molar-refractivity contribution in [1.29, 1.82) is 5.26 Å². The number of rotatable bonds is 10. The Bertz CT molecular complexity index is 2050. The van der Waals surface area contributed by atoms with Crippen LogP contribution in [-0.4, -0.2) is 4.57 Å². The fraction of sp³-hybridized carbons (Fsp3) is 0.140. The first-order valence-electron chi connectivity index (χ1n) is 16.4. The van der Waals surface area contributed by atoms with Gasteiger partial charge >= 0.3 is 0 Å². The van der Waals surface area contributed by atoms with Gasteiger partial charge in [0.2, 0.25) is 0 Å². The maximum Gasteiger partial charge on any atom is 0.110 e. The molecule has 0 unspecified atom stereocenters. The minimum atomic E-state index is 0.778. The minimum Gasteiger partial charge on any atom is -0.340 e. The maximum atomic E-state index is 8.19. The van der Waals surface area contributed by atoms with Gasteiger partial charge in [0, 0.05) is 34.2 Å². The molecule has 0 aliphatic carbocycles. The van der Waals surface area contributed by atoms with Gasteiger partial charge in [0.25, 0.3) is 0 Å². The Labute approximate surface area is 282 Å². The zero-order valence-electron chi connectivity index (χ0n) is 26.8. The van der Waals surface area contributed by atoms with Crippen LogP contribution in [0.25, 0.3) is 34.0 Å². The predicted octanol–water partition coefficient (Wildman–Crippen LogP) is 12.6. The molecule has 0 saturated heterocycles. The summed E-state index contributed by atoms with van der Waals surface area (Å²) in [4.78, 5) is 3.12. The summed E-state index contributed by atoms with van der Waals surface area (Å²) in [6, 6.07) is 51.2. The van der Waals surface area contributed by atoms with E-state index in [1.165, 1.54) is 70.0 Å². The summed E-state index contributed by atoms with van der Waals surface area (Å²) in [6.45, 7) is 3.32. The molecule has 4 heteroatoms. The van der Waals surface area contributed by atoms with Gasteiger partial charge in [-0.2, -0.15) is 5.26 Å². The van der Waals surface area contributed by atoms with E-state index in [-0.39, 0.29) is 0 Å². The van der Waals surface area contributed by atoms with Gasteiger partial charge in [0.15, 0.2) is 0 Å². The number of hydrogen-bond donors (Lipinski definition) is 0. The topological polar surface area (TPSA) is 32.0 Å². The number of nitriles is 1. The smallest absolute Gasteiger partial charge is 0.110 e. The van der Waals surface area contributed by atoms with Gasteiger partial charge < -0.3 is 9.47 Å². The van der Waals surface area contributed by atoms with Gasteiger partial charge in [-0.1, -0.05) is 135 Å². The molecule has 7 aromatic rings. The predicted molar refractivity (Wildman–Crippen MR) is 203 cm³/mol. The van der Waals surface area contributed by atoms with Crippen LogP contribution in [0, 0.1) is 11.3 Å². The standard InChI is InChI=1S/C38H36N2.C5H3NS/c1-2-3-4-15-29-39-37-26-14-12-23-34(37)35-24-16-18-31(38(35)39)28-27-30-17-11-13-25-36(30)40(32-19-7-5-8-20-32)33-21-9-6-10-22-33;6-4-5-2-1-3-7-5/h5-14,16-28H,2-4,15,29H2,1H3;1-3H. The Morgan fingerprint density at radius 1 is 0.638 bits per heavy atom. The Balaban J connectivity index is 0.000000491. The Morgan fingerprint density at radius 2 is 1.28 bits per heavy atom. The summed E-state index contributed by atoms with van der Waals surface area (Å²) in [6.07, 6.45) is 9.60. The molecular formula is C43H39N3S. The normalized spacial score (nSPS) is 11.0. The summed E-state index contributed by atoms with van der Waals surface area (Å²) >= 11 is 1.46. The lowest BCUT2D eigenvalue weighted by atomic mass is 10.1. The molecule has 0 atom stereocenters. The molecule has 47 heavy (non-hydrogen) atoms. The molecule has 2 aromatic heterocycles. The highest BCUT2D eigenvalue weighted by atomic mass is 32.1. The van der Waals surface area contributed by atoms with Crippen molar-refractivity contribution in [2.75, 3.05) is 4.90 Å². The zero-order chi connectivity index (χ0) is 32.3. The zero-order valence-corrected chi connectivity index (χ0v) is 27.6. The van der Waals surface area contributed by atoms with Crippen molar-refractivity contribution in [3.8, 4) is 6.07 Å². The molecule has 0 aliphatic heterocycles. The lowest BCUT2D eigenvalue weighted by Gasteiger charge is -2.27. The number of para-hydroxylation sites is 5. The lowest BCUT2D eigenvalue weighted by Crippen LogP contribution is -2.10. The molecule has 0 aliphatic rings. The van der Waals surface area contributed by atoms with E-state index in [1.54, 1.807) is 6.07 Å². The number of anilines is 3. The first kappa shape index (κ1) is 31.6. The number of unbranched alkanes of at least 4 members (excludes halogenated alkanes) is 3. The van der Waals surface area contributed by atoms with Crippen LogP contribution < -0.4 is 4.90 Å². The van der Waals surface area contributed by atoms with E-state index in [2.05, 4.69) is 156 Å². The third-order valence-corrected chi connectivity index (χ3v) is 9.11. The van der Waals surface area contributed by atoms with Crippen LogP contribution in [0.15, 0.2) is 145 Å². The largest absolute Gasteiger partial charge is 0.340 e. The molecule has 3 nitrogen and oxygen atoms in total. The van der Waals surface area contributed by atoms with Crippen LogP contribution in [0.3, 0.4) is 0 Å². The van der Waals surface area contributed by atoms with Crippen molar-refractivity contribution in [3.05, 3.63) is 161 Å². The number of nitrogens with zero attached hydrogens (tertiary/aromatic N) is 3. The van der Waals surface area contributed by atoms with Gasteiger partial charge in [0.05, 0.1) is 11.2 Å². The molecule has 0 amide bonds. The van der Waals surface area contributed by atoms with Gasteiger partial charge in [0.1, 0.15) is 10.9 Å².